The molecule has 1 aliphatic carbocycles. The van der Waals surface area contributed by atoms with E-state index in [-0.39, 0.29) is 24.2 Å². The Kier molecular flexibility index (Phi) is 8.25. The number of benzene rings is 4. The number of allylic oxidation sites excluding steroid dienone is 1. The fraction of sp³-hybridized carbons (Fsp3) is 0.235. The lowest BCUT2D eigenvalue weighted by atomic mass is 9.34. The highest BCUT2D eigenvalue weighted by atomic mass is 19.1. The highest BCUT2D eigenvalue weighted by molar-refractivity contribution is 7.00. The van der Waals surface area contributed by atoms with Gasteiger partial charge in [-0.1, -0.05) is 90.3 Å². The van der Waals surface area contributed by atoms with E-state index in [9.17, 15) is 13.2 Å². The fourth-order valence-corrected chi connectivity index (χ4v) is 6.01. The zero-order valence-electron chi connectivity index (χ0n) is 22.5. The second kappa shape index (κ2) is 12.0. The second-order valence-corrected chi connectivity index (χ2v) is 10.6. The minimum atomic E-state index is -0.316. The third-order valence-corrected chi connectivity index (χ3v) is 7.83. The molecule has 0 aliphatic heterocycles. The molecule has 198 valence electrons. The number of hydrogen-bond donors (Lipinski definition) is 0. The van der Waals surface area contributed by atoms with Gasteiger partial charge in [-0.05, 0) is 72.4 Å². The van der Waals surface area contributed by atoms with E-state index in [2.05, 4.69) is 23.1 Å². The fourth-order valence-electron chi connectivity index (χ4n) is 6.01. The first kappa shape index (κ1) is 26.9. The minimum absolute atomic E-state index is 0.295. The van der Waals surface area contributed by atoms with Gasteiger partial charge in [0.25, 0.3) is 0 Å². The maximum atomic E-state index is 14.2. The van der Waals surface area contributed by atoms with E-state index in [1.165, 1.54) is 48.4 Å². The minimum Gasteiger partial charge on any atom is -0.377 e. The molecule has 1 fully saturated rings. The van der Waals surface area contributed by atoms with Gasteiger partial charge in [0, 0.05) is 25.3 Å². The Morgan fingerprint density at radius 3 is 1.64 bits per heavy atom. The van der Waals surface area contributed by atoms with Crippen LogP contribution in [0.15, 0.2) is 97.1 Å². The van der Waals surface area contributed by atoms with Crippen molar-refractivity contribution in [1.82, 2.24) is 0 Å². The summed E-state index contributed by atoms with van der Waals surface area (Å²) in [6.07, 6.45) is 5.62. The van der Waals surface area contributed by atoms with Gasteiger partial charge in [-0.2, -0.15) is 0 Å². The van der Waals surface area contributed by atoms with E-state index in [1.807, 2.05) is 56.6 Å². The van der Waals surface area contributed by atoms with E-state index in [4.69, 9.17) is 0 Å². The molecule has 4 aromatic rings. The summed E-state index contributed by atoms with van der Waals surface area (Å²) >= 11 is 0. The van der Waals surface area contributed by atoms with E-state index in [0.717, 1.165) is 58.9 Å². The lowest BCUT2D eigenvalue weighted by molar-refractivity contribution is 0.430. The Balaban J connectivity index is 1.90. The normalized spacial score (nSPS) is 14.6. The Morgan fingerprint density at radius 1 is 0.641 bits per heavy atom. The van der Waals surface area contributed by atoms with Crippen molar-refractivity contribution in [2.45, 2.75) is 32.1 Å². The van der Waals surface area contributed by atoms with Gasteiger partial charge in [0.05, 0.1) is 0 Å². The molecule has 0 radical (unpaired) electrons. The summed E-state index contributed by atoms with van der Waals surface area (Å²) in [5, 5.41) is 0. The van der Waals surface area contributed by atoms with Crippen molar-refractivity contribution in [3.63, 3.8) is 0 Å². The summed E-state index contributed by atoms with van der Waals surface area (Å²) in [5.41, 5.74) is 7.23. The summed E-state index contributed by atoms with van der Waals surface area (Å²) in [7, 11) is 4.10. The van der Waals surface area contributed by atoms with Crippen molar-refractivity contribution < 1.29 is 13.2 Å². The number of halogens is 3. The van der Waals surface area contributed by atoms with Gasteiger partial charge in [-0.3, -0.25) is 0 Å². The van der Waals surface area contributed by atoms with Crippen LogP contribution in [0.5, 0.6) is 0 Å². The van der Waals surface area contributed by atoms with Crippen LogP contribution in [0.1, 0.15) is 43.2 Å². The smallest absolute Gasteiger partial charge is 0.242 e. The van der Waals surface area contributed by atoms with Crippen LogP contribution in [-0.2, 0) is 0 Å². The molecule has 0 atom stereocenters. The lowest BCUT2D eigenvalue weighted by Gasteiger charge is -2.33. The number of para-hydroxylation sites is 1. The topological polar surface area (TPSA) is 3.24 Å². The summed E-state index contributed by atoms with van der Waals surface area (Å²) in [6.45, 7) is -0.316. The quantitative estimate of drug-likeness (QED) is 0.179. The first-order valence-corrected chi connectivity index (χ1v) is 13.7. The van der Waals surface area contributed by atoms with Gasteiger partial charge in [0.2, 0.25) is 6.71 Å². The first-order chi connectivity index (χ1) is 18.9. The van der Waals surface area contributed by atoms with Crippen molar-refractivity contribution >= 4 is 34.4 Å². The van der Waals surface area contributed by atoms with Crippen LogP contribution < -0.4 is 15.8 Å². The molecular weight excluding hydrogens is 490 g/mol. The molecule has 0 spiro atoms. The van der Waals surface area contributed by atoms with Crippen LogP contribution in [0.3, 0.4) is 0 Å². The van der Waals surface area contributed by atoms with E-state index in [0.29, 0.717) is 5.92 Å². The zero-order chi connectivity index (χ0) is 27.4. The molecule has 0 N–H and O–H groups in total. The maximum Gasteiger partial charge on any atom is 0.242 e. The number of hydrogen-bond acceptors (Lipinski definition) is 1. The molecule has 1 nitrogen and oxygen atoms in total. The summed E-state index contributed by atoms with van der Waals surface area (Å²) in [6, 6.07) is 28.2. The predicted molar refractivity (Wildman–Crippen MR) is 158 cm³/mol. The second-order valence-electron chi connectivity index (χ2n) is 10.6. The molecule has 0 bridgehead atoms. The summed E-state index contributed by atoms with van der Waals surface area (Å²) in [4.78, 5) is 2.13. The van der Waals surface area contributed by atoms with Crippen LogP contribution in [0, 0.1) is 23.4 Å². The number of anilines is 1. The first-order valence-electron chi connectivity index (χ1n) is 13.7. The average molecular weight is 523 g/mol. The van der Waals surface area contributed by atoms with Gasteiger partial charge in [0.15, 0.2) is 0 Å². The molecule has 4 aromatic carbocycles. The Hall–Kier alpha value is -3.73. The predicted octanol–water partition coefficient (Wildman–Crippen LogP) is 7.51. The molecule has 0 amide bonds. The SMILES string of the molecule is CN(C)c1ccccc1/C(=C(\B(c1ccc(F)cc1)c1ccc(F)cc1)c1ccc(F)cc1)C1CCCCC1. The highest BCUT2D eigenvalue weighted by Crippen LogP contribution is 2.43. The standard InChI is InChI=1S/C34H33BF3N/c1-39(2)32-11-7-6-10-31(32)33(24-8-4-3-5-9-24)34(25-12-18-28(36)19-13-25)35(26-14-20-29(37)21-15-26)27-16-22-30(38)23-17-27/h6-7,10-24H,3-5,8-9H2,1-2H3/b34-33-. The van der Waals surface area contributed by atoms with Crippen LogP contribution in [-0.4, -0.2) is 20.8 Å². The molecular formula is C34H33BF3N. The number of nitrogens with zero attached hydrogens (tertiary/aromatic N) is 1. The Labute approximate surface area is 230 Å². The molecule has 0 saturated heterocycles. The van der Waals surface area contributed by atoms with Crippen molar-refractivity contribution in [3.8, 4) is 0 Å². The van der Waals surface area contributed by atoms with Crippen LogP contribution in [0.4, 0.5) is 18.9 Å². The van der Waals surface area contributed by atoms with Crippen molar-refractivity contribution in [2.24, 2.45) is 5.92 Å². The molecule has 0 unspecified atom stereocenters. The molecule has 0 heterocycles. The van der Waals surface area contributed by atoms with Gasteiger partial charge in [-0.15, -0.1) is 0 Å². The summed E-state index contributed by atoms with van der Waals surface area (Å²) in [5.74, 6) is -0.627. The molecule has 0 aromatic heterocycles. The van der Waals surface area contributed by atoms with Crippen LogP contribution in [0.25, 0.3) is 11.0 Å². The molecule has 1 saturated carbocycles. The van der Waals surface area contributed by atoms with E-state index in [1.54, 1.807) is 0 Å². The van der Waals surface area contributed by atoms with Crippen LogP contribution >= 0.6 is 0 Å². The van der Waals surface area contributed by atoms with E-state index >= 15 is 0 Å². The summed E-state index contributed by atoms with van der Waals surface area (Å²) < 4.78 is 42.5. The van der Waals surface area contributed by atoms with Gasteiger partial charge < -0.3 is 4.90 Å². The van der Waals surface area contributed by atoms with Gasteiger partial charge in [0.1, 0.15) is 17.5 Å². The molecule has 1 aliphatic rings. The van der Waals surface area contributed by atoms with Crippen LogP contribution in [0.2, 0.25) is 0 Å². The highest BCUT2D eigenvalue weighted by Gasteiger charge is 2.33. The largest absolute Gasteiger partial charge is 0.377 e. The number of rotatable bonds is 7. The Morgan fingerprint density at radius 2 is 1.13 bits per heavy atom. The van der Waals surface area contributed by atoms with Crippen molar-refractivity contribution in [1.29, 1.82) is 0 Å². The average Bonchev–Trinajstić information content (AvgIpc) is 2.96. The molecule has 39 heavy (non-hydrogen) atoms. The van der Waals surface area contributed by atoms with E-state index < -0.39 is 0 Å². The zero-order valence-corrected chi connectivity index (χ0v) is 22.5. The van der Waals surface area contributed by atoms with Crippen molar-refractivity contribution in [2.75, 3.05) is 19.0 Å². The lowest BCUT2D eigenvalue weighted by Crippen LogP contribution is -2.44. The monoisotopic (exact) mass is 523 g/mol. The van der Waals surface area contributed by atoms with Gasteiger partial charge in [-0.25, -0.2) is 13.2 Å². The van der Waals surface area contributed by atoms with Crippen molar-refractivity contribution in [3.05, 3.63) is 126 Å². The third-order valence-electron chi connectivity index (χ3n) is 7.83. The Bertz CT molecular complexity index is 1380. The molecule has 5 heteroatoms. The molecule has 5 rings (SSSR count). The third kappa shape index (κ3) is 5.98. The maximum absolute atomic E-state index is 14.2. The van der Waals surface area contributed by atoms with Gasteiger partial charge >= 0.3 is 0 Å².